The number of nitrogens with zero attached hydrogens (tertiary/aromatic N) is 2. The molecule has 5 heteroatoms. The Kier molecular flexibility index (Phi) is 1.37. The zero-order valence-corrected chi connectivity index (χ0v) is 6.43. The van der Waals surface area contributed by atoms with Crippen molar-refractivity contribution in [2.24, 2.45) is 0 Å². The molecule has 0 radical (unpaired) electrons. The van der Waals surface area contributed by atoms with Crippen LogP contribution in [-0.4, -0.2) is 15.5 Å². The molecule has 2 N–H and O–H groups in total. The first-order chi connectivity index (χ1) is 5.58. The Morgan fingerprint density at radius 1 is 1.58 bits per heavy atom. The van der Waals surface area contributed by atoms with E-state index in [4.69, 9.17) is 5.73 Å². The highest BCUT2D eigenvalue weighted by molar-refractivity contribution is 5.24. The number of nitrogen functional groups attached to an aromatic ring is 1. The Hall–Kier alpha value is -1.13. The van der Waals surface area contributed by atoms with Crippen LogP contribution in [0.3, 0.4) is 0 Å². The third-order valence-electron chi connectivity index (χ3n) is 2.11. The Morgan fingerprint density at radius 2 is 2.33 bits per heavy atom. The summed E-state index contributed by atoms with van der Waals surface area (Å²) in [5.74, 6) is -2.25. The van der Waals surface area contributed by atoms with E-state index in [0.29, 0.717) is 11.6 Å². The second-order valence-corrected chi connectivity index (χ2v) is 3.04. The van der Waals surface area contributed by atoms with Crippen molar-refractivity contribution in [2.45, 2.75) is 25.3 Å². The lowest BCUT2D eigenvalue weighted by Crippen LogP contribution is -2.29. The van der Waals surface area contributed by atoms with Gasteiger partial charge in [-0.15, -0.1) is 0 Å². The van der Waals surface area contributed by atoms with Gasteiger partial charge in [0.1, 0.15) is 0 Å². The molecular formula is C7H9F2N3. The predicted octanol–water partition coefficient (Wildman–Crippen LogP) is 1.05. The molecule has 2 rings (SSSR count). The van der Waals surface area contributed by atoms with E-state index in [1.165, 1.54) is 6.20 Å². The van der Waals surface area contributed by atoms with Crippen LogP contribution in [0, 0.1) is 0 Å². The predicted molar refractivity (Wildman–Crippen MR) is 39.9 cm³/mol. The third kappa shape index (κ3) is 1.05. The molecule has 1 aliphatic rings. The van der Waals surface area contributed by atoms with Crippen LogP contribution in [-0.2, 0) is 13.0 Å². The van der Waals surface area contributed by atoms with Crippen LogP contribution < -0.4 is 5.73 Å². The molecule has 2 heterocycles. The van der Waals surface area contributed by atoms with E-state index in [2.05, 4.69) is 4.98 Å². The number of hydrogen-bond donors (Lipinski definition) is 1. The van der Waals surface area contributed by atoms with Gasteiger partial charge in [-0.2, -0.15) is 0 Å². The first-order valence-corrected chi connectivity index (χ1v) is 3.76. The monoisotopic (exact) mass is 173 g/mol. The van der Waals surface area contributed by atoms with Crippen molar-refractivity contribution in [2.75, 3.05) is 5.73 Å². The number of alkyl halides is 2. The lowest BCUT2D eigenvalue weighted by atomic mass is 10.1. The lowest BCUT2D eigenvalue weighted by molar-refractivity contribution is -0.0221. The Morgan fingerprint density at radius 3 is 3.08 bits per heavy atom. The fourth-order valence-corrected chi connectivity index (χ4v) is 1.46. The van der Waals surface area contributed by atoms with Crippen LogP contribution in [0.1, 0.15) is 12.1 Å². The van der Waals surface area contributed by atoms with Gasteiger partial charge in [-0.1, -0.05) is 0 Å². The average Bonchev–Trinajstić information content (AvgIpc) is 2.30. The van der Waals surface area contributed by atoms with Gasteiger partial charge >= 0.3 is 0 Å². The van der Waals surface area contributed by atoms with Gasteiger partial charge in [-0.3, -0.25) is 0 Å². The minimum Gasteiger partial charge on any atom is -0.369 e. The SMILES string of the molecule is Nc1ncc2n1CCC(F)(F)C2. The van der Waals surface area contributed by atoms with E-state index in [1.54, 1.807) is 4.57 Å². The summed E-state index contributed by atoms with van der Waals surface area (Å²) in [6.07, 6.45) is 1.04. The smallest absolute Gasteiger partial charge is 0.255 e. The molecule has 1 aromatic rings. The summed E-state index contributed by atoms with van der Waals surface area (Å²) in [6, 6.07) is 0. The van der Waals surface area contributed by atoms with Crippen molar-refractivity contribution in [1.82, 2.24) is 9.55 Å². The summed E-state index contributed by atoms with van der Waals surface area (Å²) in [5.41, 5.74) is 5.99. The first-order valence-electron chi connectivity index (χ1n) is 3.76. The maximum Gasteiger partial charge on any atom is 0.255 e. The van der Waals surface area contributed by atoms with Crippen molar-refractivity contribution in [1.29, 1.82) is 0 Å². The molecule has 12 heavy (non-hydrogen) atoms. The Labute approximate surface area is 68.2 Å². The molecule has 0 aliphatic carbocycles. The fourth-order valence-electron chi connectivity index (χ4n) is 1.46. The minimum absolute atomic E-state index is 0.138. The van der Waals surface area contributed by atoms with Crippen molar-refractivity contribution in [3.63, 3.8) is 0 Å². The van der Waals surface area contributed by atoms with Crippen LogP contribution in [0.2, 0.25) is 0 Å². The highest BCUT2D eigenvalue weighted by atomic mass is 19.3. The van der Waals surface area contributed by atoms with E-state index in [0.717, 1.165) is 0 Å². The van der Waals surface area contributed by atoms with Crippen molar-refractivity contribution in [3.05, 3.63) is 11.9 Å². The zero-order valence-electron chi connectivity index (χ0n) is 6.43. The van der Waals surface area contributed by atoms with E-state index in [9.17, 15) is 8.78 Å². The Bertz CT molecular complexity index is 306. The summed E-state index contributed by atoms with van der Waals surface area (Å²) in [7, 11) is 0. The summed E-state index contributed by atoms with van der Waals surface area (Å²) in [4.78, 5) is 3.77. The van der Waals surface area contributed by atoms with E-state index < -0.39 is 5.92 Å². The molecular weight excluding hydrogens is 164 g/mol. The second-order valence-electron chi connectivity index (χ2n) is 3.04. The number of aromatic nitrogens is 2. The quantitative estimate of drug-likeness (QED) is 0.637. The molecule has 0 unspecified atom stereocenters. The van der Waals surface area contributed by atoms with Crippen LogP contribution >= 0.6 is 0 Å². The topological polar surface area (TPSA) is 43.8 Å². The molecule has 3 nitrogen and oxygen atoms in total. The molecule has 0 aromatic carbocycles. The lowest BCUT2D eigenvalue weighted by Gasteiger charge is -2.23. The number of halogens is 2. The number of nitrogens with two attached hydrogens (primary N) is 1. The van der Waals surface area contributed by atoms with Gasteiger partial charge in [-0.25, -0.2) is 13.8 Å². The van der Waals surface area contributed by atoms with Gasteiger partial charge in [0.05, 0.1) is 12.6 Å². The van der Waals surface area contributed by atoms with Gasteiger partial charge in [0.15, 0.2) is 5.95 Å². The van der Waals surface area contributed by atoms with Crippen molar-refractivity contribution in [3.8, 4) is 0 Å². The Balaban J connectivity index is 2.37. The summed E-state index contributed by atoms with van der Waals surface area (Å²) >= 11 is 0. The van der Waals surface area contributed by atoms with E-state index in [-0.39, 0.29) is 19.4 Å². The van der Waals surface area contributed by atoms with Gasteiger partial charge in [0.25, 0.3) is 5.92 Å². The number of anilines is 1. The zero-order chi connectivity index (χ0) is 8.77. The minimum atomic E-state index is -2.58. The van der Waals surface area contributed by atoms with Crippen LogP contribution in [0.4, 0.5) is 14.7 Å². The third-order valence-corrected chi connectivity index (χ3v) is 2.11. The summed E-state index contributed by atoms with van der Waals surface area (Å²) < 4.78 is 27.3. The van der Waals surface area contributed by atoms with E-state index >= 15 is 0 Å². The normalized spacial score (nSPS) is 20.5. The molecule has 0 spiro atoms. The van der Waals surface area contributed by atoms with Crippen LogP contribution in [0.15, 0.2) is 6.20 Å². The molecule has 0 saturated carbocycles. The van der Waals surface area contributed by atoms with Crippen LogP contribution in [0.25, 0.3) is 0 Å². The molecule has 0 bridgehead atoms. The molecule has 0 amide bonds. The standard InChI is InChI=1S/C7H9F2N3/c8-7(9)1-2-12-5(3-7)4-11-6(12)10/h4H,1-3H2,(H2,10,11). The number of hydrogen-bond acceptors (Lipinski definition) is 2. The molecule has 0 atom stereocenters. The molecule has 1 aliphatic heterocycles. The van der Waals surface area contributed by atoms with Crippen molar-refractivity contribution >= 4 is 5.95 Å². The highest BCUT2D eigenvalue weighted by Gasteiger charge is 2.34. The molecule has 0 saturated heterocycles. The second kappa shape index (κ2) is 2.18. The van der Waals surface area contributed by atoms with Crippen LogP contribution in [0.5, 0.6) is 0 Å². The fraction of sp³-hybridized carbons (Fsp3) is 0.571. The maximum atomic E-state index is 12.8. The van der Waals surface area contributed by atoms with Crippen molar-refractivity contribution < 1.29 is 8.78 Å². The highest BCUT2D eigenvalue weighted by Crippen LogP contribution is 2.30. The maximum absolute atomic E-state index is 12.8. The number of rotatable bonds is 0. The molecule has 1 aromatic heterocycles. The van der Waals surface area contributed by atoms with Gasteiger partial charge < -0.3 is 10.3 Å². The summed E-state index contributed by atoms with van der Waals surface area (Å²) in [5, 5.41) is 0. The number of fused-ring (bicyclic) bond motifs is 1. The molecule has 66 valence electrons. The molecule has 0 fully saturated rings. The summed E-state index contributed by atoms with van der Waals surface area (Å²) in [6.45, 7) is 0.272. The van der Waals surface area contributed by atoms with E-state index in [1.807, 2.05) is 0 Å². The average molecular weight is 173 g/mol. The van der Waals surface area contributed by atoms with Gasteiger partial charge in [0.2, 0.25) is 0 Å². The van der Waals surface area contributed by atoms with Gasteiger partial charge in [-0.05, 0) is 0 Å². The number of imidazole rings is 1. The van der Waals surface area contributed by atoms with Gasteiger partial charge in [0, 0.05) is 18.7 Å². The first kappa shape index (κ1) is 7.52. The largest absolute Gasteiger partial charge is 0.369 e.